The Bertz CT molecular complexity index is 913. The minimum Gasteiger partial charge on any atom is -0.496 e. The van der Waals surface area contributed by atoms with E-state index >= 15 is 0 Å². The number of para-hydroxylation sites is 1. The largest absolute Gasteiger partial charge is 0.496 e. The molecular weight excluding hydrogens is 345 g/mol. The number of halogens is 1. The summed E-state index contributed by atoms with van der Waals surface area (Å²) >= 11 is 0. The monoisotopic (exact) mass is 365 g/mol. The molecule has 0 radical (unpaired) electrons. The Hall–Kier alpha value is -3.41. The third kappa shape index (κ3) is 4.82. The van der Waals surface area contributed by atoms with Crippen molar-refractivity contribution in [2.24, 2.45) is 0 Å². The van der Waals surface area contributed by atoms with Gasteiger partial charge < -0.3 is 15.4 Å². The summed E-state index contributed by atoms with van der Waals surface area (Å²) in [6.07, 6.45) is 1.49. The number of hydrogen-bond donors (Lipinski definition) is 2. The van der Waals surface area contributed by atoms with Crippen molar-refractivity contribution in [2.45, 2.75) is 13.1 Å². The molecule has 6 heteroatoms. The maximum absolute atomic E-state index is 13.6. The predicted molar refractivity (Wildman–Crippen MR) is 102 cm³/mol. The lowest BCUT2D eigenvalue weighted by molar-refractivity contribution is 0.0950. The van der Waals surface area contributed by atoms with Gasteiger partial charge in [-0.15, -0.1) is 0 Å². The Labute approximate surface area is 157 Å². The summed E-state index contributed by atoms with van der Waals surface area (Å²) in [6.45, 7) is 0.676. The van der Waals surface area contributed by atoms with Crippen LogP contribution in [0, 0.1) is 5.82 Å². The number of ether oxygens (including phenoxy) is 1. The molecule has 138 valence electrons. The minimum absolute atomic E-state index is 0.228. The third-order valence-electron chi connectivity index (χ3n) is 4.08. The molecule has 3 aromatic rings. The summed E-state index contributed by atoms with van der Waals surface area (Å²) in [5, 5.41) is 5.89. The van der Waals surface area contributed by atoms with Crippen LogP contribution in [0.5, 0.6) is 5.75 Å². The van der Waals surface area contributed by atoms with Crippen LogP contribution in [0.2, 0.25) is 0 Å². The molecule has 0 aliphatic rings. The second kappa shape index (κ2) is 8.80. The molecule has 27 heavy (non-hydrogen) atoms. The summed E-state index contributed by atoms with van der Waals surface area (Å²) in [4.78, 5) is 16.5. The molecule has 0 aliphatic heterocycles. The SMILES string of the molecule is COc1ccccc1CNC(=O)c1ccc(NCc2ccccc2F)nc1. The Morgan fingerprint density at radius 2 is 1.74 bits per heavy atom. The fourth-order valence-corrected chi connectivity index (χ4v) is 2.59. The van der Waals surface area contributed by atoms with E-state index in [4.69, 9.17) is 4.74 Å². The third-order valence-corrected chi connectivity index (χ3v) is 4.08. The zero-order chi connectivity index (χ0) is 19.1. The lowest BCUT2D eigenvalue weighted by Gasteiger charge is -2.10. The van der Waals surface area contributed by atoms with Crippen LogP contribution in [-0.4, -0.2) is 18.0 Å². The van der Waals surface area contributed by atoms with Gasteiger partial charge in [-0.05, 0) is 24.3 Å². The Balaban J connectivity index is 1.56. The van der Waals surface area contributed by atoms with Crippen LogP contribution in [0.3, 0.4) is 0 Å². The molecule has 0 aliphatic carbocycles. The number of rotatable bonds is 7. The van der Waals surface area contributed by atoms with Gasteiger partial charge in [0, 0.05) is 30.4 Å². The maximum atomic E-state index is 13.6. The summed E-state index contributed by atoms with van der Waals surface area (Å²) in [6, 6.07) is 17.4. The highest BCUT2D eigenvalue weighted by atomic mass is 19.1. The molecule has 5 nitrogen and oxygen atoms in total. The van der Waals surface area contributed by atoms with E-state index in [1.165, 1.54) is 12.3 Å². The van der Waals surface area contributed by atoms with Gasteiger partial charge in [0.25, 0.3) is 5.91 Å². The van der Waals surface area contributed by atoms with Crippen molar-refractivity contribution in [3.8, 4) is 5.75 Å². The van der Waals surface area contributed by atoms with Gasteiger partial charge in [-0.1, -0.05) is 36.4 Å². The lowest BCUT2D eigenvalue weighted by atomic mass is 10.2. The van der Waals surface area contributed by atoms with E-state index in [1.807, 2.05) is 24.3 Å². The number of pyridine rings is 1. The zero-order valence-electron chi connectivity index (χ0n) is 14.9. The molecule has 1 heterocycles. The normalized spacial score (nSPS) is 10.3. The molecule has 1 aromatic heterocycles. The first-order valence-corrected chi connectivity index (χ1v) is 8.51. The van der Waals surface area contributed by atoms with E-state index in [1.54, 1.807) is 37.4 Å². The predicted octanol–water partition coefficient (Wildman–Crippen LogP) is 3.77. The van der Waals surface area contributed by atoms with E-state index in [0.29, 0.717) is 30.0 Å². The van der Waals surface area contributed by atoms with E-state index in [2.05, 4.69) is 15.6 Å². The molecule has 0 atom stereocenters. The van der Waals surface area contributed by atoms with Gasteiger partial charge in [0.15, 0.2) is 0 Å². The van der Waals surface area contributed by atoms with E-state index in [0.717, 1.165) is 11.3 Å². The van der Waals surface area contributed by atoms with Crippen molar-refractivity contribution < 1.29 is 13.9 Å². The number of aromatic nitrogens is 1. The molecule has 2 N–H and O–H groups in total. The number of amides is 1. The Morgan fingerprint density at radius 1 is 1.00 bits per heavy atom. The first-order valence-electron chi connectivity index (χ1n) is 8.51. The quantitative estimate of drug-likeness (QED) is 0.669. The van der Waals surface area contributed by atoms with Crippen LogP contribution in [0.4, 0.5) is 10.2 Å². The molecule has 0 fully saturated rings. The maximum Gasteiger partial charge on any atom is 0.253 e. The average Bonchev–Trinajstić information content (AvgIpc) is 2.72. The molecule has 0 unspecified atom stereocenters. The topological polar surface area (TPSA) is 63.2 Å². The highest BCUT2D eigenvalue weighted by molar-refractivity contribution is 5.94. The Kier molecular flexibility index (Phi) is 5.99. The molecular formula is C21H20FN3O2. The number of carbonyl (C=O) groups is 1. The van der Waals surface area contributed by atoms with Crippen molar-refractivity contribution in [1.29, 1.82) is 0 Å². The first-order chi connectivity index (χ1) is 13.2. The summed E-state index contributed by atoms with van der Waals surface area (Å²) in [5.74, 6) is 0.801. The number of anilines is 1. The number of nitrogens with zero attached hydrogens (tertiary/aromatic N) is 1. The van der Waals surface area contributed by atoms with Gasteiger partial charge in [-0.2, -0.15) is 0 Å². The number of carbonyl (C=O) groups excluding carboxylic acids is 1. The second-order valence-electron chi connectivity index (χ2n) is 5.87. The fourth-order valence-electron chi connectivity index (χ4n) is 2.59. The molecule has 2 aromatic carbocycles. The average molecular weight is 365 g/mol. The second-order valence-corrected chi connectivity index (χ2v) is 5.87. The van der Waals surface area contributed by atoms with Crippen LogP contribution < -0.4 is 15.4 Å². The summed E-state index contributed by atoms with van der Waals surface area (Å²) in [7, 11) is 1.59. The van der Waals surface area contributed by atoms with E-state index in [-0.39, 0.29) is 11.7 Å². The van der Waals surface area contributed by atoms with Crippen LogP contribution in [-0.2, 0) is 13.1 Å². The van der Waals surface area contributed by atoms with Crippen LogP contribution in [0.1, 0.15) is 21.5 Å². The van der Waals surface area contributed by atoms with E-state index in [9.17, 15) is 9.18 Å². The molecule has 0 bridgehead atoms. The van der Waals surface area contributed by atoms with Crippen molar-refractivity contribution in [3.05, 3.63) is 89.4 Å². The molecule has 1 amide bonds. The van der Waals surface area contributed by atoms with Gasteiger partial charge >= 0.3 is 0 Å². The highest BCUT2D eigenvalue weighted by Crippen LogP contribution is 2.17. The zero-order valence-corrected chi connectivity index (χ0v) is 14.9. The minimum atomic E-state index is -0.266. The number of nitrogens with one attached hydrogen (secondary N) is 2. The van der Waals surface area contributed by atoms with Crippen molar-refractivity contribution in [3.63, 3.8) is 0 Å². The van der Waals surface area contributed by atoms with E-state index < -0.39 is 0 Å². The summed E-state index contributed by atoms with van der Waals surface area (Å²) < 4.78 is 18.9. The number of hydrogen-bond acceptors (Lipinski definition) is 4. The first kappa shape index (κ1) is 18.4. The fraction of sp³-hybridized carbons (Fsp3) is 0.143. The van der Waals surface area contributed by atoms with Crippen LogP contribution in [0.25, 0.3) is 0 Å². The van der Waals surface area contributed by atoms with Gasteiger partial charge in [0.1, 0.15) is 17.4 Å². The molecule has 0 saturated carbocycles. The van der Waals surface area contributed by atoms with Crippen LogP contribution >= 0.6 is 0 Å². The van der Waals surface area contributed by atoms with Gasteiger partial charge in [-0.25, -0.2) is 9.37 Å². The number of methoxy groups -OCH3 is 1. The van der Waals surface area contributed by atoms with Gasteiger partial charge in [-0.3, -0.25) is 4.79 Å². The Morgan fingerprint density at radius 3 is 2.44 bits per heavy atom. The number of benzene rings is 2. The summed E-state index contributed by atoms with van der Waals surface area (Å²) in [5.41, 5.74) is 1.89. The smallest absolute Gasteiger partial charge is 0.253 e. The van der Waals surface area contributed by atoms with Crippen molar-refractivity contribution in [1.82, 2.24) is 10.3 Å². The van der Waals surface area contributed by atoms with Gasteiger partial charge in [0.05, 0.1) is 12.7 Å². The van der Waals surface area contributed by atoms with Gasteiger partial charge in [0.2, 0.25) is 0 Å². The van der Waals surface area contributed by atoms with Crippen molar-refractivity contribution >= 4 is 11.7 Å². The molecule has 0 spiro atoms. The standard InChI is InChI=1S/C21H20FN3O2/c1-27-19-9-5-3-7-16(19)13-25-21(26)17-10-11-20(24-14-17)23-12-15-6-2-4-8-18(15)22/h2-11,14H,12-13H2,1H3,(H,23,24)(H,25,26). The lowest BCUT2D eigenvalue weighted by Crippen LogP contribution is -2.23. The highest BCUT2D eigenvalue weighted by Gasteiger charge is 2.08. The van der Waals surface area contributed by atoms with Crippen molar-refractivity contribution in [2.75, 3.05) is 12.4 Å². The molecule has 0 saturated heterocycles. The van der Waals surface area contributed by atoms with Crippen LogP contribution in [0.15, 0.2) is 66.9 Å². The molecule has 3 rings (SSSR count).